The predicted molar refractivity (Wildman–Crippen MR) is 149 cm³/mol. The molecule has 220 valence electrons. The van der Waals surface area contributed by atoms with Crippen LogP contribution >= 0.6 is 0 Å². The van der Waals surface area contributed by atoms with Gasteiger partial charge in [0.05, 0.1) is 25.3 Å². The van der Waals surface area contributed by atoms with Crippen LogP contribution in [0.25, 0.3) is 22.4 Å². The van der Waals surface area contributed by atoms with Crippen LogP contribution in [0, 0.1) is 17.5 Å². The van der Waals surface area contributed by atoms with Crippen LogP contribution in [0.2, 0.25) is 0 Å². The second-order valence-corrected chi connectivity index (χ2v) is 12.1. The van der Waals surface area contributed by atoms with Crippen molar-refractivity contribution >= 4 is 15.8 Å². The number of likely N-dealkylation sites (tertiary alicyclic amines) is 1. The number of piperidine rings is 1. The molecule has 8 nitrogen and oxygen atoms in total. The Bertz CT molecular complexity index is 1690. The molecule has 4 aromatic rings. The van der Waals surface area contributed by atoms with Gasteiger partial charge in [0.2, 0.25) is 0 Å². The number of sulfone groups is 1. The number of benzene rings is 2. The highest BCUT2D eigenvalue weighted by Gasteiger charge is 2.27. The Hall–Kier alpha value is -4.03. The molecule has 0 atom stereocenters. The average molecular weight is 599 g/mol. The molecule has 1 aliphatic heterocycles. The Balaban J connectivity index is 1.46. The molecule has 42 heavy (non-hydrogen) atoms. The summed E-state index contributed by atoms with van der Waals surface area (Å²) in [5.74, 6) is -3.94. The van der Waals surface area contributed by atoms with Crippen molar-refractivity contribution in [3.8, 4) is 22.4 Å². The fourth-order valence-electron chi connectivity index (χ4n) is 5.15. The van der Waals surface area contributed by atoms with Gasteiger partial charge in [0.25, 0.3) is 0 Å². The summed E-state index contributed by atoms with van der Waals surface area (Å²) in [6, 6.07) is 10.1. The smallest absolute Gasteiger partial charge is 0.306 e. The fourth-order valence-corrected chi connectivity index (χ4v) is 6.60. The Kier molecular flexibility index (Phi) is 8.74. The van der Waals surface area contributed by atoms with Crippen LogP contribution in [0.4, 0.5) is 13.2 Å². The molecule has 0 radical (unpaired) electrons. The van der Waals surface area contributed by atoms with Crippen LogP contribution in [0.1, 0.15) is 30.9 Å². The monoisotopic (exact) mass is 598 g/mol. The van der Waals surface area contributed by atoms with Gasteiger partial charge in [-0.15, -0.1) is 0 Å². The zero-order chi connectivity index (χ0) is 29.9. The van der Waals surface area contributed by atoms with Crippen LogP contribution in [0.15, 0.2) is 72.0 Å². The number of esters is 1. The molecule has 12 heteroatoms. The maximum Gasteiger partial charge on any atom is 0.306 e. The van der Waals surface area contributed by atoms with E-state index in [-0.39, 0.29) is 23.1 Å². The maximum atomic E-state index is 16.0. The van der Waals surface area contributed by atoms with Crippen molar-refractivity contribution in [3.63, 3.8) is 0 Å². The van der Waals surface area contributed by atoms with E-state index in [4.69, 9.17) is 9.84 Å². The molecule has 2 aromatic heterocycles. The quantitative estimate of drug-likeness (QED) is 0.245. The van der Waals surface area contributed by atoms with Gasteiger partial charge in [-0.2, -0.15) is 5.10 Å². The number of nitrogens with zero attached hydrogens (tertiary/aromatic N) is 4. The largest absolute Gasteiger partial charge is 0.469 e. The third kappa shape index (κ3) is 6.39. The molecule has 0 amide bonds. The summed E-state index contributed by atoms with van der Waals surface area (Å²) in [6.45, 7) is 2.10. The van der Waals surface area contributed by atoms with Crippen LogP contribution < -0.4 is 0 Å². The van der Waals surface area contributed by atoms with E-state index >= 15 is 4.39 Å². The van der Waals surface area contributed by atoms with Crippen molar-refractivity contribution in [1.29, 1.82) is 0 Å². The van der Waals surface area contributed by atoms with Gasteiger partial charge in [-0.25, -0.2) is 21.6 Å². The first kappa shape index (κ1) is 29.5. The molecule has 5 rings (SSSR count). The topological polar surface area (TPSA) is 94.4 Å². The fraction of sp³-hybridized carbons (Fsp3) is 0.300. The van der Waals surface area contributed by atoms with Gasteiger partial charge in [0.15, 0.2) is 9.84 Å². The molecular weight excluding hydrogens is 569 g/mol. The van der Waals surface area contributed by atoms with E-state index in [0.29, 0.717) is 30.3 Å². The predicted octanol–water partition coefficient (Wildman–Crippen LogP) is 5.20. The van der Waals surface area contributed by atoms with Crippen LogP contribution in [-0.2, 0) is 25.1 Å². The van der Waals surface area contributed by atoms with E-state index in [1.165, 1.54) is 25.3 Å². The van der Waals surface area contributed by atoms with Crippen molar-refractivity contribution in [2.45, 2.75) is 36.0 Å². The second-order valence-electron chi connectivity index (χ2n) is 10.1. The first-order chi connectivity index (χ1) is 20.2. The Morgan fingerprint density at radius 2 is 1.76 bits per heavy atom. The van der Waals surface area contributed by atoms with Crippen molar-refractivity contribution in [1.82, 2.24) is 19.7 Å². The Labute approximate surface area is 241 Å². The third-order valence-corrected chi connectivity index (χ3v) is 9.10. The van der Waals surface area contributed by atoms with Crippen molar-refractivity contribution in [2.24, 2.45) is 0 Å². The van der Waals surface area contributed by atoms with Gasteiger partial charge in [-0.05, 0) is 54.8 Å². The van der Waals surface area contributed by atoms with E-state index in [1.807, 2.05) is 10.9 Å². The number of aromatic nitrogens is 3. The lowest BCUT2D eigenvalue weighted by molar-refractivity contribution is -0.141. The molecule has 0 aliphatic carbocycles. The lowest BCUT2D eigenvalue weighted by atomic mass is 10.0. The molecule has 0 saturated carbocycles. The lowest BCUT2D eigenvalue weighted by Gasteiger charge is -2.31. The molecule has 0 N–H and O–H groups in total. The summed E-state index contributed by atoms with van der Waals surface area (Å²) in [5.41, 5.74) is 1.61. The number of ether oxygens (including phenoxy) is 1. The highest BCUT2D eigenvalue weighted by atomic mass is 32.2. The Morgan fingerprint density at radius 1 is 1.02 bits per heavy atom. The minimum atomic E-state index is -4.40. The second kappa shape index (κ2) is 12.5. The molecule has 1 fully saturated rings. The van der Waals surface area contributed by atoms with Crippen LogP contribution in [0.5, 0.6) is 0 Å². The molecular formula is C30H29F3N4O4S. The summed E-state index contributed by atoms with van der Waals surface area (Å²) in [4.78, 5) is 16.9. The molecule has 2 aromatic carbocycles. The summed E-state index contributed by atoms with van der Waals surface area (Å²) in [6.07, 6.45) is 6.92. The van der Waals surface area contributed by atoms with E-state index in [1.54, 1.807) is 24.5 Å². The summed E-state index contributed by atoms with van der Waals surface area (Å²) < 4.78 is 76.5. The number of rotatable bonds is 9. The SMILES string of the molecule is COC(=O)CCN1CCC(n2cc(-c3ccncc3)c(-c3cccc(CS(=O)(=O)c4cc(F)ccc4F)c3F)n2)CC1. The van der Waals surface area contributed by atoms with Crippen LogP contribution in [-0.4, -0.2) is 60.8 Å². The number of carbonyl (C=O) groups is 1. The van der Waals surface area contributed by atoms with Crippen LogP contribution in [0.3, 0.4) is 0 Å². The van der Waals surface area contributed by atoms with E-state index < -0.39 is 37.9 Å². The normalized spacial score (nSPS) is 14.7. The molecule has 1 aliphatic rings. The van der Waals surface area contributed by atoms with Gasteiger partial charge < -0.3 is 9.64 Å². The molecule has 1 saturated heterocycles. The highest BCUT2D eigenvalue weighted by molar-refractivity contribution is 7.90. The maximum absolute atomic E-state index is 16.0. The number of halogens is 3. The van der Waals surface area contributed by atoms with Gasteiger partial charge in [-0.3, -0.25) is 14.5 Å². The summed E-state index contributed by atoms with van der Waals surface area (Å²) in [7, 11) is -3.03. The van der Waals surface area contributed by atoms with Gasteiger partial charge in [-0.1, -0.05) is 12.1 Å². The van der Waals surface area contributed by atoms with E-state index in [0.717, 1.165) is 43.6 Å². The molecule has 3 heterocycles. The molecule has 0 spiro atoms. The standard InChI is InChI=1S/C30H29F3N4O4S/c1-41-28(38)11-16-36-14-9-23(10-15-36)37-18-25(20-7-12-34-13-8-20)30(35-37)24-4-2-3-21(29(24)33)19-42(39,40)27-17-22(31)5-6-26(27)32/h2-8,12-13,17-18,23H,9-11,14-16,19H2,1H3. The van der Waals surface area contributed by atoms with Crippen molar-refractivity contribution in [3.05, 3.63) is 90.1 Å². The summed E-state index contributed by atoms with van der Waals surface area (Å²) in [5, 5.41) is 4.78. The van der Waals surface area contributed by atoms with Crippen molar-refractivity contribution < 1.29 is 31.1 Å². The van der Waals surface area contributed by atoms with Gasteiger partial charge >= 0.3 is 5.97 Å². The zero-order valence-electron chi connectivity index (χ0n) is 22.8. The number of hydrogen-bond donors (Lipinski definition) is 0. The minimum Gasteiger partial charge on any atom is -0.469 e. The van der Waals surface area contributed by atoms with Gasteiger partial charge in [0, 0.05) is 54.9 Å². The Morgan fingerprint density at radius 3 is 2.48 bits per heavy atom. The first-order valence-corrected chi connectivity index (χ1v) is 15.1. The minimum absolute atomic E-state index is 0.0243. The number of hydrogen-bond acceptors (Lipinski definition) is 7. The number of pyridine rings is 1. The molecule has 0 unspecified atom stereocenters. The van der Waals surface area contributed by atoms with E-state index in [9.17, 15) is 22.0 Å². The van der Waals surface area contributed by atoms with Gasteiger partial charge in [0.1, 0.15) is 28.0 Å². The highest BCUT2D eigenvalue weighted by Crippen LogP contribution is 2.36. The first-order valence-electron chi connectivity index (χ1n) is 13.4. The molecule has 0 bridgehead atoms. The number of methoxy groups -OCH3 is 1. The summed E-state index contributed by atoms with van der Waals surface area (Å²) >= 11 is 0. The van der Waals surface area contributed by atoms with Crippen molar-refractivity contribution in [2.75, 3.05) is 26.7 Å². The average Bonchev–Trinajstić information content (AvgIpc) is 3.44. The van der Waals surface area contributed by atoms with E-state index in [2.05, 4.69) is 9.88 Å². The lowest BCUT2D eigenvalue weighted by Crippen LogP contribution is -2.36. The third-order valence-electron chi connectivity index (χ3n) is 7.42. The zero-order valence-corrected chi connectivity index (χ0v) is 23.7. The number of carbonyl (C=O) groups excluding carboxylic acids is 1.